The SMILES string of the molecule is CC(C)(C)N(CC(=O)OCc1ccccc1)C(=O)OCc1ccc2ccccc2c1C(=O)O. The molecule has 7 nitrogen and oxygen atoms in total. The Morgan fingerprint density at radius 2 is 1.52 bits per heavy atom. The van der Waals surface area contributed by atoms with Crippen LogP contribution in [0.3, 0.4) is 0 Å². The molecule has 0 atom stereocenters. The van der Waals surface area contributed by atoms with Crippen molar-refractivity contribution in [2.45, 2.75) is 39.5 Å². The van der Waals surface area contributed by atoms with Crippen LogP contribution in [0.5, 0.6) is 0 Å². The van der Waals surface area contributed by atoms with E-state index in [0.717, 1.165) is 10.9 Å². The first-order valence-corrected chi connectivity index (χ1v) is 10.5. The molecule has 172 valence electrons. The largest absolute Gasteiger partial charge is 0.478 e. The van der Waals surface area contributed by atoms with Crippen LogP contribution in [0.2, 0.25) is 0 Å². The Morgan fingerprint density at radius 1 is 0.848 bits per heavy atom. The molecule has 0 aromatic heterocycles. The van der Waals surface area contributed by atoms with Gasteiger partial charge in [0.15, 0.2) is 0 Å². The summed E-state index contributed by atoms with van der Waals surface area (Å²) in [6.07, 6.45) is -0.733. The van der Waals surface area contributed by atoms with Crippen LogP contribution >= 0.6 is 0 Å². The summed E-state index contributed by atoms with van der Waals surface area (Å²) in [5.74, 6) is -1.67. The second-order valence-corrected chi connectivity index (χ2v) is 8.58. The van der Waals surface area contributed by atoms with E-state index in [4.69, 9.17) is 9.47 Å². The van der Waals surface area contributed by atoms with Gasteiger partial charge in [0.05, 0.1) is 5.56 Å². The first kappa shape index (κ1) is 23.8. The van der Waals surface area contributed by atoms with Crippen LogP contribution in [-0.4, -0.2) is 40.1 Å². The van der Waals surface area contributed by atoms with E-state index in [0.29, 0.717) is 10.9 Å². The van der Waals surface area contributed by atoms with Gasteiger partial charge in [-0.2, -0.15) is 0 Å². The maximum Gasteiger partial charge on any atom is 0.411 e. The number of carboxylic acids is 1. The molecule has 3 aromatic carbocycles. The lowest BCUT2D eigenvalue weighted by Gasteiger charge is -2.33. The normalized spacial score (nSPS) is 11.1. The topological polar surface area (TPSA) is 93.1 Å². The summed E-state index contributed by atoms with van der Waals surface area (Å²) in [6.45, 7) is 4.90. The number of rotatable bonds is 7. The van der Waals surface area contributed by atoms with Crippen molar-refractivity contribution in [3.05, 3.63) is 83.4 Å². The maximum absolute atomic E-state index is 12.9. The number of aromatic carboxylic acids is 1. The lowest BCUT2D eigenvalue weighted by atomic mass is 9.99. The van der Waals surface area contributed by atoms with Crippen molar-refractivity contribution < 1.29 is 29.0 Å². The molecule has 0 spiro atoms. The number of carboxylic acid groups (broad SMARTS) is 1. The molecule has 0 aliphatic heterocycles. The molecule has 33 heavy (non-hydrogen) atoms. The molecule has 0 heterocycles. The lowest BCUT2D eigenvalue weighted by Crippen LogP contribution is -2.48. The van der Waals surface area contributed by atoms with E-state index in [-0.39, 0.29) is 25.3 Å². The van der Waals surface area contributed by atoms with Gasteiger partial charge in [-0.05, 0) is 37.1 Å². The summed E-state index contributed by atoms with van der Waals surface area (Å²) in [5, 5.41) is 11.1. The van der Waals surface area contributed by atoms with E-state index in [1.54, 1.807) is 45.0 Å². The summed E-state index contributed by atoms with van der Waals surface area (Å²) in [4.78, 5) is 38.4. The average Bonchev–Trinajstić information content (AvgIpc) is 2.79. The van der Waals surface area contributed by atoms with Gasteiger partial charge < -0.3 is 14.6 Å². The van der Waals surface area contributed by atoms with Crippen molar-refractivity contribution in [2.24, 2.45) is 0 Å². The molecule has 0 saturated carbocycles. The number of ether oxygens (including phenoxy) is 2. The van der Waals surface area contributed by atoms with Gasteiger partial charge in [-0.25, -0.2) is 9.59 Å². The highest BCUT2D eigenvalue weighted by atomic mass is 16.6. The van der Waals surface area contributed by atoms with Crippen LogP contribution in [0.4, 0.5) is 4.79 Å². The number of fused-ring (bicyclic) bond motifs is 1. The van der Waals surface area contributed by atoms with Crippen molar-refractivity contribution in [3.8, 4) is 0 Å². The number of hydrogen-bond donors (Lipinski definition) is 1. The molecule has 1 N–H and O–H groups in total. The summed E-state index contributed by atoms with van der Waals surface area (Å²) in [5.41, 5.74) is 0.579. The summed E-state index contributed by atoms with van der Waals surface area (Å²) in [7, 11) is 0. The minimum absolute atomic E-state index is 0.0884. The second kappa shape index (κ2) is 10.2. The fourth-order valence-corrected chi connectivity index (χ4v) is 3.40. The first-order chi connectivity index (χ1) is 15.7. The van der Waals surface area contributed by atoms with E-state index in [2.05, 4.69) is 0 Å². The molecule has 1 amide bonds. The molecular formula is C26H27NO6. The Bertz CT molecular complexity index is 1150. The number of nitrogens with zero attached hydrogens (tertiary/aromatic N) is 1. The van der Waals surface area contributed by atoms with Gasteiger partial charge >= 0.3 is 18.0 Å². The molecule has 0 saturated heterocycles. The molecule has 7 heteroatoms. The van der Waals surface area contributed by atoms with Crippen molar-refractivity contribution in [1.29, 1.82) is 0 Å². The Hall–Kier alpha value is -3.87. The average molecular weight is 450 g/mol. The van der Waals surface area contributed by atoms with Crippen LogP contribution in [0, 0.1) is 0 Å². The fourth-order valence-electron chi connectivity index (χ4n) is 3.40. The van der Waals surface area contributed by atoms with E-state index in [9.17, 15) is 19.5 Å². The van der Waals surface area contributed by atoms with Crippen molar-refractivity contribution in [2.75, 3.05) is 6.54 Å². The summed E-state index contributed by atoms with van der Waals surface area (Å²) >= 11 is 0. The Balaban J connectivity index is 1.70. The molecule has 0 aliphatic carbocycles. The zero-order valence-electron chi connectivity index (χ0n) is 18.9. The van der Waals surface area contributed by atoms with Crippen LogP contribution in [-0.2, 0) is 27.5 Å². The smallest absolute Gasteiger partial charge is 0.411 e. The molecule has 0 fully saturated rings. The van der Waals surface area contributed by atoms with Gasteiger partial charge in [-0.3, -0.25) is 9.69 Å². The van der Waals surface area contributed by atoms with Gasteiger partial charge in [-0.1, -0.05) is 66.7 Å². The van der Waals surface area contributed by atoms with E-state index < -0.39 is 23.6 Å². The lowest BCUT2D eigenvalue weighted by molar-refractivity contribution is -0.147. The van der Waals surface area contributed by atoms with Crippen molar-refractivity contribution in [1.82, 2.24) is 4.90 Å². The van der Waals surface area contributed by atoms with Crippen molar-refractivity contribution in [3.63, 3.8) is 0 Å². The molecule has 0 unspecified atom stereocenters. The van der Waals surface area contributed by atoms with Gasteiger partial charge in [-0.15, -0.1) is 0 Å². The maximum atomic E-state index is 12.9. The van der Waals surface area contributed by atoms with Gasteiger partial charge in [0.25, 0.3) is 0 Å². The highest BCUT2D eigenvalue weighted by Crippen LogP contribution is 2.24. The highest BCUT2D eigenvalue weighted by molar-refractivity contribution is 6.05. The minimum atomic E-state index is -1.10. The summed E-state index contributed by atoms with van der Waals surface area (Å²) < 4.78 is 10.7. The molecule has 3 aromatic rings. The van der Waals surface area contributed by atoms with Crippen LogP contribution in [0.15, 0.2) is 66.7 Å². The monoisotopic (exact) mass is 449 g/mol. The minimum Gasteiger partial charge on any atom is -0.478 e. The zero-order valence-corrected chi connectivity index (χ0v) is 18.9. The quantitative estimate of drug-likeness (QED) is 0.509. The number of esters is 1. The first-order valence-electron chi connectivity index (χ1n) is 10.5. The van der Waals surface area contributed by atoms with Crippen LogP contribution in [0.25, 0.3) is 10.8 Å². The number of carbonyl (C=O) groups is 3. The van der Waals surface area contributed by atoms with E-state index in [1.165, 1.54) is 4.90 Å². The number of hydrogen-bond acceptors (Lipinski definition) is 5. The predicted molar refractivity (Wildman–Crippen MR) is 124 cm³/mol. The molecule has 3 rings (SSSR count). The van der Waals surface area contributed by atoms with E-state index >= 15 is 0 Å². The molecule has 0 aliphatic rings. The fraction of sp³-hybridized carbons (Fsp3) is 0.269. The third kappa shape index (κ3) is 6.10. The number of carbonyl (C=O) groups excluding carboxylic acids is 2. The van der Waals surface area contributed by atoms with Crippen LogP contribution in [0.1, 0.15) is 42.3 Å². The van der Waals surface area contributed by atoms with Crippen molar-refractivity contribution >= 4 is 28.8 Å². The Morgan fingerprint density at radius 3 is 2.18 bits per heavy atom. The van der Waals surface area contributed by atoms with Crippen LogP contribution < -0.4 is 0 Å². The third-order valence-corrected chi connectivity index (χ3v) is 5.14. The second-order valence-electron chi connectivity index (χ2n) is 8.58. The highest BCUT2D eigenvalue weighted by Gasteiger charge is 2.31. The van der Waals surface area contributed by atoms with Gasteiger partial charge in [0.1, 0.15) is 19.8 Å². The summed E-state index contributed by atoms with van der Waals surface area (Å²) in [6, 6.07) is 19.8. The standard InChI is InChI=1S/C26H27NO6/c1-26(2,3)27(15-22(28)32-16-18-9-5-4-6-10-18)25(31)33-17-20-14-13-19-11-7-8-12-21(19)23(20)24(29)30/h4-14H,15-17H2,1-3H3,(H,29,30). The third-order valence-electron chi connectivity index (χ3n) is 5.14. The molecule has 0 radical (unpaired) electrons. The Kier molecular flexibility index (Phi) is 7.33. The predicted octanol–water partition coefficient (Wildman–Crippen LogP) is 5.02. The zero-order chi connectivity index (χ0) is 24.0. The molecular weight excluding hydrogens is 422 g/mol. The number of amides is 1. The molecule has 0 bridgehead atoms. The van der Waals surface area contributed by atoms with Gasteiger partial charge in [0, 0.05) is 11.1 Å². The van der Waals surface area contributed by atoms with E-state index in [1.807, 2.05) is 42.5 Å². The number of benzene rings is 3. The van der Waals surface area contributed by atoms with Gasteiger partial charge in [0.2, 0.25) is 0 Å². The Labute approximate surface area is 192 Å².